The summed E-state index contributed by atoms with van der Waals surface area (Å²) in [5.74, 6) is -1.40. The quantitative estimate of drug-likeness (QED) is 0.342. The van der Waals surface area contributed by atoms with Gasteiger partial charge in [-0.25, -0.2) is 0 Å². The molecule has 2 aromatic carbocycles. The molecule has 2 unspecified atom stereocenters. The van der Waals surface area contributed by atoms with Gasteiger partial charge in [0.2, 0.25) is 0 Å². The predicted molar refractivity (Wildman–Crippen MR) is 132 cm³/mol. The number of carbonyl (C=O) groups excluding carboxylic acids is 1. The fourth-order valence-electron chi connectivity index (χ4n) is 6.32. The van der Waals surface area contributed by atoms with Crippen LogP contribution in [-0.2, 0) is 18.9 Å². The second-order valence-corrected chi connectivity index (χ2v) is 9.54. The van der Waals surface area contributed by atoms with Gasteiger partial charge >= 0.3 is 0 Å². The molecule has 0 N–H and O–H groups in total. The van der Waals surface area contributed by atoms with Crippen molar-refractivity contribution in [2.45, 2.75) is 74.8 Å². The third-order valence-electron chi connectivity index (χ3n) is 8.14. The average molecular weight is 467 g/mol. The maximum Gasteiger partial charge on any atom is 0.193 e. The first-order valence-corrected chi connectivity index (χ1v) is 12.5. The normalized spacial score (nSPS) is 24.0. The van der Waals surface area contributed by atoms with Gasteiger partial charge in [-0.3, -0.25) is 4.79 Å². The zero-order chi connectivity index (χ0) is 24.2. The van der Waals surface area contributed by atoms with Crippen molar-refractivity contribution in [3.05, 3.63) is 70.8 Å². The van der Waals surface area contributed by atoms with E-state index in [-0.39, 0.29) is 17.6 Å². The van der Waals surface area contributed by atoms with Crippen LogP contribution in [0, 0.1) is 0 Å². The largest absolute Gasteiger partial charge is 0.353 e. The Hall–Kier alpha value is -2.05. The summed E-state index contributed by atoms with van der Waals surface area (Å²) >= 11 is 0. The summed E-state index contributed by atoms with van der Waals surface area (Å²) in [4.78, 5) is 14.2. The molecule has 4 rings (SSSR count). The molecule has 0 aromatic heterocycles. The molecule has 184 valence electrons. The zero-order valence-electron chi connectivity index (χ0n) is 21.0. The molecule has 2 aliphatic carbocycles. The Bertz CT molecular complexity index is 898. The van der Waals surface area contributed by atoms with Crippen molar-refractivity contribution in [3.63, 3.8) is 0 Å². The Labute approximate surface area is 203 Å². The molecule has 34 heavy (non-hydrogen) atoms. The van der Waals surface area contributed by atoms with Crippen molar-refractivity contribution >= 4 is 5.78 Å². The second-order valence-electron chi connectivity index (χ2n) is 9.54. The van der Waals surface area contributed by atoms with E-state index in [1.54, 1.807) is 28.4 Å². The van der Waals surface area contributed by atoms with E-state index in [0.29, 0.717) is 0 Å². The molecule has 5 heteroatoms. The number of ketones is 1. The van der Waals surface area contributed by atoms with Gasteiger partial charge in [0.05, 0.1) is 0 Å². The van der Waals surface area contributed by atoms with Crippen LogP contribution in [0.2, 0.25) is 0 Å². The van der Waals surface area contributed by atoms with Gasteiger partial charge in [0.1, 0.15) is 0 Å². The molecular weight excluding hydrogens is 428 g/mol. The van der Waals surface area contributed by atoms with Crippen LogP contribution in [0.25, 0.3) is 0 Å². The van der Waals surface area contributed by atoms with Gasteiger partial charge in [0, 0.05) is 64.2 Å². The van der Waals surface area contributed by atoms with Crippen LogP contribution in [0.15, 0.2) is 48.5 Å². The topological polar surface area (TPSA) is 54.0 Å². The third-order valence-corrected chi connectivity index (χ3v) is 8.14. The Morgan fingerprint density at radius 3 is 1.41 bits per heavy atom. The minimum Gasteiger partial charge on any atom is -0.353 e. The molecule has 2 fully saturated rings. The number of ether oxygens (including phenoxy) is 4. The van der Waals surface area contributed by atoms with E-state index >= 15 is 0 Å². The van der Waals surface area contributed by atoms with E-state index in [1.807, 2.05) is 36.4 Å². The number of benzene rings is 2. The van der Waals surface area contributed by atoms with Crippen LogP contribution in [0.3, 0.4) is 0 Å². The maximum absolute atomic E-state index is 14.2. The zero-order valence-corrected chi connectivity index (χ0v) is 21.0. The molecule has 0 aliphatic heterocycles. The van der Waals surface area contributed by atoms with Crippen LogP contribution in [-0.4, -0.2) is 45.8 Å². The minimum atomic E-state index is -0.710. The summed E-state index contributed by atoms with van der Waals surface area (Å²) in [7, 11) is 6.83. The van der Waals surface area contributed by atoms with Crippen molar-refractivity contribution in [1.29, 1.82) is 0 Å². The monoisotopic (exact) mass is 466 g/mol. The highest BCUT2D eigenvalue weighted by Crippen LogP contribution is 2.47. The molecule has 0 heterocycles. The lowest BCUT2D eigenvalue weighted by atomic mass is 9.74. The van der Waals surface area contributed by atoms with E-state index in [1.165, 1.54) is 0 Å². The Morgan fingerprint density at radius 1 is 0.647 bits per heavy atom. The van der Waals surface area contributed by atoms with E-state index < -0.39 is 11.6 Å². The lowest BCUT2D eigenvalue weighted by Crippen LogP contribution is -2.44. The first-order valence-electron chi connectivity index (χ1n) is 12.5. The van der Waals surface area contributed by atoms with Crippen LogP contribution >= 0.6 is 0 Å². The highest BCUT2D eigenvalue weighted by atomic mass is 16.7. The van der Waals surface area contributed by atoms with E-state index in [2.05, 4.69) is 12.1 Å². The van der Waals surface area contributed by atoms with Gasteiger partial charge < -0.3 is 18.9 Å². The Balaban J connectivity index is 1.78. The third kappa shape index (κ3) is 4.35. The fraction of sp³-hybridized carbons (Fsp3) is 0.552. The highest BCUT2D eigenvalue weighted by Gasteiger charge is 2.45. The average Bonchev–Trinajstić information content (AvgIpc) is 2.92. The molecule has 0 amide bonds. The summed E-state index contributed by atoms with van der Waals surface area (Å²) in [6.07, 6.45) is 7.75. The van der Waals surface area contributed by atoms with Gasteiger partial charge in [-0.2, -0.15) is 0 Å². The molecule has 2 atom stereocenters. The number of hydrogen-bond acceptors (Lipinski definition) is 5. The number of carbonyl (C=O) groups is 1. The van der Waals surface area contributed by atoms with Gasteiger partial charge in [-0.1, -0.05) is 61.4 Å². The predicted octanol–water partition coefficient (Wildman–Crippen LogP) is 6.21. The molecular formula is C29H38O5. The van der Waals surface area contributed by atoms with Crippen LogP contribution in [0.4, 0.5) is 0 Å². The Kier molecular flexibility index (Phi) is 7.88. The number of rotatable bonds is 8. The van der Waals surface area contributed by atoms with Gasteiger partial charge in [-0.05, 0) is 36.8 Å². The first kappa shape index (κ1) is 25.1. The number of methoxy groups -OCH3 is 4. The van der Waals surface area contributed by atoms with Gasteiger partial charge in [0.25, 0.3) is 0 Å². The highest BCUT2D eigenvalue weighted by molar-refractivity contribution is 6.11. The summed E-state index contributed by atoms with van der Waals surface area (Å²) in [5.41, 5.74) is 3.44. The van der Waals surface area contributed by atoms with Crippen LogP contribution in [0.5, 0.6) is 0 Å². The molecule has 5 nitrogen and oxygen atoms in total. The van der Waals surface area contributed by atoms with E-state index in [9.17, 15) is 4.79 Å². The maximum atomic E-state index is 14.2. The number of hydrogen-bond donors (Lipinski definition) is 0. The summed E-state index contributed by atoms with van der Waals surface area (Å²) in [5, 5.41) is 0. The molecule has 2 saturated carbocycles. The van der Waals surface area contributed by atoms with Crippen molar-refractivity contribution in [2.24, 2.45) is 0 Å². The molecule has 0 radical (unpaired) electrons. The molecule has 0 spiro atoms. The fourth-order valence-corrected chi connectivity index (χ4v) is 6.32. The lowest BCUT2D eigenvalue weighted by molar-refractivity contribution is -0.235. The summed E-state index contributed by atoms with van der Waals surface area (Å²) in [6.45, 7) is 0. The summed E-state index contributed by atoms with van der Waals surface area (Å²) < 4.78 is 23.8. The first-order chi connectivity index (χ1) is 16.6. The molecule has 2 aromatic rings. The van der Waals surface area contributed by atoms with Gasteiger partial charge in [-0.15, -0.1) is 0 Å². The smallest absolute Gasteiger partial charge is 0.193 e. The second kappa shape index (κ2) is 10.7. The van der Waals surface area contributed by atoms with Crippen molar-refractivity contribution in [2.75, 3.05) is 28.4 Å². The standard InChI is InChI=1S/C29H38O5/c1-31-28(32-2)19-11-9-17-25(28)21-13-5-7-15-23(21)27(30)24-16-8-6-14-22(24)26-18-10-12-20-29(26,33-3)34-4/h5-8,13-16,25-26H,9-12,17-20H2,1-4H3. The molecule has 0 saturated heterocycles. The Morgan fingerprint density at radius 2 is 1.03 bits per heavy atom. The summed E-state index contributed by atoms with van der Waals surface area (Å²) in [6, 6.07) is 15.9. The van der Waals surface area contributed by atoms with Crippen molar-refractivity contribution in [1.82, 2.24) is 0 Å². The van der Waals surface area contributed by atoms with E-state index in [4.69, 9.17) is 18.9 Å². The minimum absolute atomic E-state index is 0.00437. The van der Waals surface area contributed by atoms with Crippen LogP contribution in [0.1, 0.15) is 90.3 Å². The SMILES string of the molecule is COC1(OC)CCCCC1c1ccccc1C(=O)c1ccccc1C1CCCCC1(OC)OC. The van der Waals surface area contributed by atoms with Crippen LogP contribution < -0.4 is 0 Å². The molecule has 0 bridgehead atoms. The van der Waals surface area contributed by atoms with E-state index in [0.717, 1.165) is 73.6 Å². The lowest BCUT2D eigenvalue weighted by Gasteiger charge is -2.43. The molecule has 2 aliphatic rings. The van der Waals surface area contributed by atoms with Crippen molar-refractivity contribution < 1.29 is 23.7 Å². The van der Waals surface area contributed by atoms with Crippen molar-refractivity contribution in [3.8, 4) is 0 Å². The van der Waals surface area contributed by atoms with Gasteiger partial charge in [0.15, 0.2) is 17.4 Å².